The molecule has 1 aliphatic rings. The Hall–Kier alpha value is -1.46. The smallest absolute Gasteiger partial charge is 0.272 e. The number of aryl methyl sites for hydroxylation is 1. The van der Waals surface area contributed by atoms with Crippen molar-refractivity contribution < 1.29 is 4.92 Å². The van der Waals surface area contributed by atoms with E-state index in [1.165, 1.54) is 19.4 Å². The Labute approximate surface area is 120 Å². The van der Waals surface area contributed by atoms with Gasteiger partial charge in [-0.1, -0.05) is 19.1 Å². The van der Waals surface area contributed by atoms with E-state index in [0.29, 0.717) is 18.2 Å². The normalized spacial score (nSPS) is 19.4. The van der Waals surface area contributed by atoms with Crippen LogP contribution in [0.25, 0.3) is 0 Å². The standard InChI is InChI=1S/C15H23N3O2/c1-3-17-8-4-5-14(17)11-16-10-13-7-6-12(2)15(9-13)18(19)20/h6-7,9,14,16H,3-5,8,10-11H2,1-2H3. The molecule has 0 spiro atoms. The van der Waals surface area contributed by atoms with Crippen molar-refractivity contribution in [1.29, 1.82) is 0 Å². The molecule has 0 aromatic heterocycles. The number of likely N-dealkylation sites (tertiary alicyclic amines) is 1. The summed E-state index contributed by atoms with van der Waals surface area (Å²) >= 11 is 0. The van der Waals surface area contributed by atoms with E-state index < -0.39 is 0 Å². The van der Waals surface area contributed by atoms with Crippen LogP contribution >= 0.6 is 0 Å². The summed E-state index contributed by atoms with van der Waals surface area (Å²) < 4.78 is 0. The maximum absolute atomic E-state index is 10.9. The first-order valence-corrected chi connectivity index (χ1v) is 7.30. The zero-order valence-corrected chi connectivity index (χ0v) is 12.3. The highest BCUT2D eigenvalue weighted by atomic mass is 16.6. The summed E-state index contributed by atoms with van der Waals surface area (Å²) in [6.45, 7) is 7.90. The van der Waals surface area contributed by atoms with Crippen LogP contribution in [0.1, 0.15) is 30.9 Å². The molecule has 0 saturated carbocycles. The molecule has 1 aromatic rings. The Balaban J connectivity index is 1.88. The van der Waals surface area contributed by atoms with Gasteiger partial charge in [0.15, 0.2) is 0 Å². The molecule has 1 unspecified atom stereocenters. The van der Waals surface area contributed by atoms with Gasteiger partial charge in [-0.05, 0) is 38.4 Å². The third-order valence-corrected chi connectivity index (χ3v) is 4.08. The highest BCUT2D eigenvalue weighted by molar-refractivity contribution is 5.42. The van der Waals surface area contributed by atoms with Crippen molar-refractivity contribution in [1.82, 2.24) is 10.2 Å². The van der Waals surface area contributed by atoms with Gasteiger partial charge < -0.3 is 5.32 Å². The van der Waals surface area contributed by atoms with Crippen molar-refractivity contribution in [2.24, 2.45) is 0 Å². The highest BCUT2D eigenvalue weighted by Gasteiger charge is 2.22. The fourth-order valence-electron chi connectivity index (χ4n) is 2.89. The topological polar surface area (TPSA) is 58.4 Å². The van der Waals surface area contributed by atoms with E-state index in [1.807, 2.05) is 12.1 Å². The monoisotopic (exact) mass is 277 g/mol. The molecule has 0 aliphatic carbocycles. The number of benzene rings is 1. The number of hydrogen-bond donors (Lipinski definition) is 1. The molecule has 1 atom stereocenters. The predicted molar refractivity (Wildman–Crippen MR) is 79.8 cm³/mol. The van der Waals surface area contributed by atoms with Crippen molar-refractivity contribution in [2.45, 2.75) is 39.3 Å². The van der Waals surface area contributed by atoms with E-state index in [4.69, 9.17) is 0 Å². The fourth-order valence-corrected chi connectivity index (χ4v) is 2.89. The SMILES string of the molecule is CCN1CCCC1CNCc1ccc(C)c([N+](=O)[O-])c1. The minimum Gasteiger partial charge on any atom is -0.311 e. The van der Waals surface area contributed by atoms with Gasteiger partial charge in [0, 0.05) is 30.8 Å². The minimum atomic E-state index is -0.311. The van der Waals surface area contributed by atoms with E-state index in [-0.39, 0.29) is 10.6 Å². The average molecular weight is 277 g/mol. The van der Waals surface area contributed by atoms with Crippen LogP contribution in [-0.4, -0.2) is 35.5 Å². The zero-order chi connectivity index (χ0) is 14.5. The van der Waals surface area contributed by atoms with Gasteiger partial charge in [0.25, 0.3) is 5.69 Å². The Kier molecular flexibility index (Phi) is 5.09. The summed E-state index contributed by atoms with van der Waals surface area (Å²) in [4.78, 5) is 13.1. The second kappa shape index (κ2) is 6.81. The third-order valence-electron chi connectivity index (χ3n) is 4.08. The summed E-state index contributed by atoms with van der Waals surface area (Å²) in [7, 11) is 0. The van der Waals surface area contributed by atoms with Crippen LogP contribution in [0.4, 0.5) is 5.69 Å². The lowest BCUT2D eigenvalue weighted by atomic mass is 10.1. The number of nitrogens with zero attached hydrogens (tertiary/aromatic N) is 2. The first-order chi connectivity index (χ1) is 9.61. The molecule has 1 fully saturated rings. The third kappa shape index (κ3) is 3.55. The van der Waals surface area contributed by atoms with Gasteiger partial charge in [-0.3, -0.25) is 15.0 Å². The van der Waals surface area contributed by atoms with Crippen molar-refractivity contribution in [3.63, 3.8) is 0 Å². The lowest BCUT2D eigenvalue weighted by Gasteiger charge is -2.23. The van der Waals surface area contributed by atoms with Gasteiger partial charge in [-0.25, -0.2) is 0 Å². The molecule has 1 N–H and O–H groups in total. The fraction of sp³-hybridized carbons (Fsp3) is 0.600. The maximum Gasteiger partial charge on any atom is 0.272 e. The Morgan fingerprint density at radius 3 is 3.00 bits per heavy atom. The van der Waals surface area contributed by atoms with Gasteiger partial charge in [0.1, 0.15) is 0 Å². The van der Waals surface area contributed by atoms with Crippen LogP contribution in [0.5, 0.6) is 0 Å². The molecule has 2 rings (SSSR count). The molecule has 0 bridgehead atoms. The number of nitro groups is 1. The Morgan fingerprint density at radius 1 is 1.50 bits per heavy atom. The molecule has 1 saturated heterocycles. The molecular weight excluding hydrogens is 254 g/mol. The lowest BCUT2D eigenvalue weighted by molar-refractivity contribution is -0.385. The predicted octanol–water partition coefficient (Wildman–Crippen LogP) is 2.48. The molecule has 1 aliphatic heterocycles. The van der Waals surface area contributed by atoms with Gasteiger partial charge in [-0.15, -0.1) is 0 Å². The van der Waals surface area contributed by atoms with Crippen LogP contribution in [0.2, 0.25) is 0 Å². The number of nitro benzene ring substituents is 1. The number of nitrogens with one attached hydrogen (secondary N) is 1. The maximum atomic E-state index is 10.9. The molecule has 0 amide bonds. The van der Waals surface area contributed by atoms with Gasteiger partial charge in [-0.2, -0.15) is 0 Å². The number of likely N-dealkylation sites (N-methyl/N-ethyl adjacent to an activating group) is 1. The summed E-state index contributed by atoms with van der Waals surface area (Å²) in [6, 6.07) is 6.07. The lowest BCUT2D eigenvalue weighted by Crippen LogP contribution is -2.37. The molecule has 0 radical (unpaired) electrons. The largest absolute Gasteiger partial charge is 0.311 e. The first-order valence-electron chi connectivity index (χ1n) is 7.30. The van der Waals surface area contributed by atoms with Crippen LogP contribution in [-0.2, 0) is 6.54 Å². The summed E-state index contributed by atoms with van der Waals surface area (Å²) in [5.74, 6) is 0. The number of hydrogen-bond acceptors (Lipinski definition) is 4. The van der Waals surface area contributed by atoms with E-state index in [0.717, 1.165) is 18.7 Å². The van der Waals surface area contributed by atoms with Crippen molar-refractivity contribution in [3.05, 3.63) is 39.4 Å². The molecule has 1 heterocycles. The first kappa shape index (κ1) is 14.9. The van der Waals surface area contributed by atoms with E-state index >= 15 is 0 Å². The molecular formula is C15H23N3O2. The highest BCUT2D eigenvalue weighted by Crippen LogP contribution is 2.19. The van der Waals surface area contributed by atoms with Gasteiger partial charge >= 0.3 is 0 Å². The summed E-state index contributed by atoms with van der Waals surface area (Å²) in [5.41, 5.74) is 1.90. The molecule has 110 valence electrons. The number of rotatable bonds is 6. The molecule has 20 heavy (non-hydrogen) atoms. The Bertz CT molecular complexity index is 476. The van der Waals surface area contributed by atoms with Crippen LogP contribution < -0.4 is 5.32 Å². The van der Waals surface area contributed by atoms with Crippen LogP contribution in [0, 0.1) is 17.0 Å². The van der Waals surface area contributed by atoms with Crippen molar-refractivity contribution in [2.75, 3.05) is 19.6 Å². The minimum absolute atomic E-state index is 0.209. The van der Waals surface area contributed by atoms with E-state index in [9.17, 15) is 10.1 Å². The quantitative estimate of drug-likeness (QED) is 0.641. The summed E-state index contributed by atoms with van der Waals surface area (Å²) in [6.07, 6.45) is 2.52. The Morgan fingerprint density at radius 2 is 2.30 bits per heavy atom. The van der Waals surface area contributed by atoms with Gasteiger partial charge in [0.2, 0.25) is 0 Å². The second-order valence-corrected chi connectivity index (χ2v) is 5.43. The average Bonchev–Trinajstić information content (AvgIpc) is 2.88. The second-order valence-electron chi connectivity index (χ2n) is 5.43. The van der Waals surface area contributed by atoms with E-state index in [1.54, 1.807) is 13.0 Å². The van der Waals surface area contributed by atoms with Crippen LogP contribution in [0.15, 0.2) is 18.2 Å². The van der Waals surface area contributed by atoms with Crippen molar-refractivity contribution >= 4 is 5.69 Å². The molecule has 5 nitrogen and oxygen atoms in total. The van der Waals surface area contributed by atoms with Crippen LogP contribution in [0.3, 0.4) is 0 Å². The summed E-state index contributed by atoms with van der Waals surface area (Å²) in [5, 5.41) is 14.3. The molecule has 1 aromatic carbocycles. The zero-order valence-electron chi connectivity index (χ0n) is 12.3. The molecule has 5 heteroatoms. The van der Waals surface area contributed by atoms with E-state index in [2.05, 4.69) is 17.1 Å². The van der Waals surface area contributed by atoms with Gasteiger partial charge in [0.05, 0.1) is 4.92 Å². The van der Waals surface area contributed by atoms with Crippen molar-refractivity contribution in [3.8, 4) is 0 Å².